The van der Waals surface area contributed by atoms with Gasteiger partial charge in [0.25, 0.3) is 0 Å². The molecule has 0 atom stereocenters. The molecular formula is C17H23N5O3. The molecule has 0 amide bonds. The summed E-state index contributed by atoms with van der Waals surface area (Å²) >= 11 is 0. The minimum absolute atomic E-state index is 0.144. The molecule has 2 rings (SSSR count). The molecule has 0 bridgehead atoms. The van der Waals surface area contributed by atoms with Gasteiger partial charge < -0.3 is 15.0 Å². The minimum atomic E-state index is -0.455. The van der Waals surface area contributed by atoms with E-state index in [1.807, 2.05) is 19.1 Å². The van der Waals surface area contributed by atoms with Crippen LogP contribution < -0.4 is 15.0 Å². The fourth-order valence-electron chi connectivity index (χ4n) is 2.39. The van der Waals surface area contributed by atoms with E-state index in [1.54, 1.807) is 24.1 Å². The summed E-state index contributed by atoms with van der Waals surface area (Å²) in [6.45, 7) is 5.13. The highest BCUT2D eigenvalue weighted by Gasteiger charge is 2.26. The SMILES string of the molecule is CCCCN(C)c1ncnc(Nc2ccccc2OCC)c1[N+](=O)[O-]. The Morgan fingerprint density at radius 1 is 1.28 bits per heavy atom. The van der Waals surface area contributed by atoms with Gasteiger partial charge in [-0.25, -0.2) is 9.97 Å². The van der Waals surface area contributed by atoms with Crippen LogP contribution >= 0.6 is 0 Å². The van der Waals surface area contributed by atoms with E-state index in [2.05, 4.69) is 22.2 Å². The number of benzene rings is 1. The largest absolute Gasteiger partial charge is 0.492 e. The number of unbranched alkanes of at least 4 members (excludes halogenated alkanes) is 1. The van der Waals surface area contributed by atoms with E-state index in [4.69, 9.17) is 4.74 Å². The summed E-state index contributed by atoms with van der Waals surface area (Å²) in [6.07, 6.45) is 3.25. The maximum Gasteiger partial charge on any atom is 0.353 e. The molecule has 0 saturated carbocycles. The van der Waals surface area contributed by atoms with Gasteiger partial charge in [0.05, 0.1) is 17.2 Å². The Labute approximate surface area is 147 Å². The molecule has 0 radical (unpaired) electrons. The van der Waals surface area contributed by atoms with E-state index in [-0.39, 0.29) is 11.5 Å². The van der Waals surface area contributed by atoms with Crippen molar-refractivity contribution in [2.75, 3.05) is 30.4 Å². The van der Waals surface area contributed by atoms with Gasteiger partial charge in [-0.15, -0.1) is 0 Å². The monoisotopic (exact) mass is 345 g/mol. The van der Waals surface area contributed by atoms with E-state index in [0.29, 0.717) is 30.4 Å². The third kappa shape index (κ3) is 4.56. The highest BCUT2D eigenvalue weighted by Crippen LogP contribution is 2.35. The number of hydrogen-bond acceptors (Lipinski definition) is 7. The van der Waals surface area contributed by atoms with Crippen molar-refractivity contribution in [2.24, 2.45) is 0 Å². The van der Waals surface area contributed by atoms with Crippen molar-refractivity contribution >= 4 is 23.0 Å². The van der Waals surface area contributed by atoms with Gasteiger partial charge in [-0.1, -0.05) is 25.5 Å². The van der Waals surface area contributed by atoms with Gasteiger partial charge in [0.15, 0.2) is 0 Å². The van der Waals surface area contributed by atoms with Crippen LogP contribution in [0.1, 0.15) is 26.7 Å². The lowest BCUT2D eigenvalue weighted by molar-refractivity contribution is -0.383. The molecule has 0 spiro atoms. The summed E-state index contributed by atoms with van der Waals surface area (Å²) in [6, 6.07) is 7.26. The lowest BCUT2D eigenvalue weighted by Gasteiger charge is -2.18. The lowest BCUT2D eigenvalue weighted by atomic mass is 10.2. The zero-order valence-electron chi connectivity index (χ0n) is 14.7. The van der Waals surface area contributed by atoms with Crippen LogP contribution in [0.4, 0.5) is 23.0 Å². The van der Waals surface area contributed by atoms with E-state index >= 15 is 0 Å². The van der Waals surface area contributed by atoms with E-state index in [0.717, 1.165) is 12.8 Å². The number of rotatable bonds is 9. The number of nitrogens with one attached hydrogen (secondary N) is 1. The van der Waals surface area contributed by atoms with Gasteiger partial charge >= 0.3 is 5.69 Å². The van der Waals surface area contributed by atoms with Crippen LogP contribution in [0.15, 0.2) is 30.6 Å². The lowest BCUT2D eigenvalue weighted by Crippen LogP contribution is -2.21. The van der Waals surface area contributed by atoms with Crippen molar-refractivity contribution in [1.82, 2.24) is 9.97 Å². The van der Waals surface area contributed by atoms with Crippen molar-refractivity contribution < 1.29 is 9.66 Å². The maximum absolute atomic E-state index is 11.6. The Balaban J connectivity index is 2.40. The first-order valence-corrected chi connectivity index (χ1v) is 8.27. The van der Waals surface area contributed by atoms with Crippen LogP contribution in [0.3, 0.4) is 0 Å². The third-order valence-electron chi connectivity index (χ3n) is 3.63. The van der Waals surface area contributed by atoms with Gasteiger partial charge in [-0.05, 0) is 25.5 Å². The van der Waals surface area contributed by atoms with Crippen molar-refractivity contribution in [3.05, 3.63) is 40.7 Å². The van der Waals surface area contributed by atoms with E-state index in [9.17, 15) is 10.1 Å². The van der Waals surface area contributed by atoms with Crippen LogP contribution in [0.25, 0.3) is 0 Å². The van der Waals surface area contributed by atoms with Gasteiger partial charge in [-0.3, -0.25) is 10.1 Å². The Kier molecular flexibility index (Phi) is 6.50. The Morgan fingerprint density at radius 3 is 2.72 bits per heavy atom. The predicted molar refractivity (Wildman–Crippen MR) is 97.8 cm³/mol. The molecule has 0 saturated heterocycles. The fraction of sp³-hybridized carbons (Fsp3) is 0.412. The highest BCUT2D eigenvalue weighted by molar-refractivity contribution is 5.76. The van der Waals surface area contributed by atoms with Crippen LogP contribution in [0, 0.1) is 10.1 Å². The molecule has 1 aromatic heterocycles. The number of aromatic nitrogens is 2. The molecule has 0 fully saturated rings. The molecule has 1 N–H and O–H groups in total. The van der Waals surface area contributed by atoms with E-state index < -0.39 is 4.92 Å². The van der Waals surface area contributed by atoms with Gasteiger partial charge in [-0.2, -0.15) is 0 Å². The summed E-state index contributed by atoms with van der Waals surface area (Å²) in [7, 11) is 1.79. The average Bonchev–Trinajstić information content (AvgIpc) is 2.61. The summed E-state index contributed by atoms with van der Waals surface area (Å²) < 4.78 is 5.55. The first kappa shape index (κ1) is 18.4. The molecule has 0 aliphatic heterocycles. The molecule has 0 unspecified atom stereocenters. The topological polar surface area (TPSA) is 93.4 Å². The van der Waals surface area contributed by atoms with Crippen molar-refractivity contribution in [3.8, 4) is 5.75 Å². The molecule has 0 aliphatic rings. The zero-order chi connectivity index (χ0) is 18.2. The second kappa shape index (κ2) is 8.81. The van der Waals surface area contributed by atoms with Crippen LogP contribution in [-0.2, 0) is 0 Å². The Bertz CT molecular complexity index is 723. The molecule has 0 aliphatic carbocycles. The number of hydrogen-bond donors (Lipinski definition) is 1. The number of anilines is 3. The molecule has 1 heterocycles. The van der Waals surface area contributed by atoms with Crippen molar-refractivity contribution in [1.29, 1.82) is 0 Å². The van der Waals surface area contributed by atoms with Gasteiger partial charge in [0.2, 0.25) is 11.6 Å². The molecular weight excluding hydrogens is 322 g/mol. The molecule has 25 heavy (non-hydrogen) atoms. The average molecular weight is 345 g/mol. The van der Waals surface area contributed by atoms with Gasteiger partial charge in [0.1, 0.15) is 12.1 Å². The minimum Gasteiger partial charge on any atom is -0.492 e. The number of ether oxygens (including phenoxy) is 1. The van der Waals surface area contributed by atoms with Crippen LogP contribution in [0.5, 0.6) is 5.75 Å². The highest BCUT2D eigenvalue weighted by atomic mass is 16.6. The standard InChI is InChI=1S/C17H23N5O3/c1-4-6-11-21(3)17-15(22(23)24)16(18-12-19-17)20-13-9-7-8-10-14(13)25-5-2/h7-10,12H,4-6,11H2,1-3H3,(H,18,19,20). The first-order valence-electron chi connectivity index (χ1n) is 8.27. The van der Waals surface area contributed by atoms with Crippen molar-refractivity contribution in [3.63, 3.8) is 0 Å². The zero-order valence-corrected chi connectivity index (χ0v) is 14.7. The summed E-state index contributed by atoms with van der Waals surface area (Å²) in [5.41, 5.74) is 0.473. The Hall–Kier alpha value is -2.90. The molecule has 2 aromatic rings. The summed E-state index contributed by atoms with van der Waals surface area (Å²) in [5.74, 6) is 1.05. The Morgan fingerprint density at radius 2 is 2.04 bits per heavy atom. The van der Waals surface area contributed by atoms with Crippen LogP contribution in [0.2, 0.25) is 0 Å². The summed E-state index contributed by atoms with van der Waals surface area (Å²) in [4.78, 5) is 21.2. The normalized spacial score (nSPS) is 10.4. The van der Waals surface area contributed by atoms with Gasteiger partial charge in [0, 0.05) is 13.6 Å². The fourth-order valence-corrected chi connectivity index (χ4v) is 2.39. The number of para-hydroxylation sites is 2. The predicted octanol–water partition coefficient (Wildman–Crippen LogP) is 3.76. The second-order valence-corrected chi connectivity index (χ2v) is 5.48. The quantitative estimate of drug-likeness (QED) is 0.546. The second-order valence-electron chi connectivity index (χ2n) is 5.48. The molecule has 8 heteroatoms. The smallest absolute Gasteiger partial charge is 0.353 e. The first-order chi connectivity index (χ1) is 12.1. The summed E-state index contributed by atoms with van der Waals surface area (Å²) in [5, 5.41) is 14.7. The number of nitrogens with zero attached hydrogens (tertiary/aromatic N) is 4. The van der Waals surface area contributed by atoms with Crippen molar-refractivity contribution in [2.45, 2.75) is 26.7 Å². The number of nitro groups is 1. The maximum atomic E-state index is 11.6. The molecule has 1 aromatic carbocycles. The van der Waals surface area contributed by atoms with Crippen LogP contribution in [-0.4, -0.2) is 35.1 Å². The van der Waals surface area contributed by atoms with E-state index in [1.165, 1.54) is 6.33 Å². The molecule has 8 nitrogen and oxygen atoms in total. The molecule has 134 valence electrons. The third-order valence-corrected chi connectivity index (χ3v) is 3.63.